The summed E-state index contributed by atoms with van der Waals surface area (Å²) >= 11 is 0. The van der Waals surface area contributed by atoms with Crippen molar-refractivity contribution in [2.24, 2.45) is 0 Å². The first-order valence-electron chi connectivity index (χ1n) is 22.1. The lowest BCUT2D eigenvalue weighted by Crippen LogP contribution is -2.74. The fraction of sp³-hybridized carbons (Fsp3) is 0. The highest BCUT2D eigenvalue weighted by atomic mass is 28.3. The Morgan fingerprint density at radius 2 is 0.656 bits per heavy atom. The monoisotopic (exact) mass is 831 g/mol. The maximum Gasteiger partial charge on any atom is 0.179 e. The molecule has 0 aliphatic carbocycles. The number of aromatic nitrogens is 3. The van der Waals surface area contributed by atoms with Crippen molar-refractivity contribution in [3.8, 4) is 17.1 Å². The number of rotatable bonds is 7. The maximum absolute atomic E-state index is 2.78. The molecule has 0 saturated heterocycles. The molecule has 13 rings (SSSR count). The number of nitrogens with zero attached hydrogens (tertiary/aromatic N) is 3. The van der Waals surface area contributed by atoms with Crippen LogP contribution in [0.3, 0.4) is 0 Å². The molecule has 13 aromatic rings. The topological polar surface area (TPSA) is 14.8 Å². The number of fused-ring (bicyclic) bond motifs is 9. The third-order valence-corrected chi connectivity index (χ3v) is 18.3. The predicted octanol–water partition coefficient (Wildman–Crippen LogP) is 12.4. The van der Waals surface area contributed by atoms with E-state index in [0.29, 0.717) is 0 Å². The van der Waals surface area contributed by atoms with Crippen LogP contribution in [-0.2, 0) is 0 Å². The van der Waals surface area contributed by atoms with Crippen molar-refractivity contribution in [2.75, 3.05) is 0 Å². The minimum atomic E-state index is -2.78. The van der Waals surface area contributed by atoms with Gasteiger partial charge in [-0.15, -0.1) is 0 Å². The molecule has 3 heterocycles. The van der Waals surface area contributed by atoms with E-state index < -0.39 is 8.07 Å². The summed E-state index contributed by atoms with van der Waals surface area (Å²) in [6.07, 6.45) is 0. The van der Waals surface area contributed by atoms with Gasteiger partial charge in [-0.1, -0.05) is 182 Å². The summed E-state index contributed by atoms with van der Waals surface area (Å²) in [6, 6.07) is 92.3. The lowest BCUT2D eigenvalue weighted by Gasteiger charge is -2.34. The Labute approximate surface area is 372 Å². The average Bonchev–Trinajstić information content (AvgIpc) is 4.01. The fourth-order valence-electron chi connectivity index (χ4n) is 11.0. The molecule has 0 bridgehead atoms. The Bertz CT molecular complexity index is 3730. The van der Waals surface area contributed by atoms with E-state index >= 15 is 0 Å². The third-order valence-electron chi connectivity index (χ3n) is 13.6. The molecule has 0 saturated carbocycles. The van der Waals surface area contributed by atoms with Gasteiger partial charge in [0.1, 0.15) is 0 Å². The summed E-state index contributed by atoms with van der Waals surface area (Å²) in [7, 11) is -2.78. The second-order valence-corrected chi connectivity index (χ2v) is 20.7. The summed E-state index contributed by atoms with van der Waals surface area (Å²) in [6.45, 7) is 0. The summed E-state index contributed by atoms with van der Waals surface area (Å²) in [5.74, 6) is 0. The standard InChI is InChI=1S/C60H41N3Si/c1-5-20-42(21-6-1)61-57-38-36-43(62-53-31-16-13-28-48(53)49-29-14-17-32-54(49)62)40-52(57)60-58(61)34-19-35-59(60)63-55-33-18-15-30-50(55)51-41-47(37-39-56(51)63)64(44-22-7-2-8-23-44,45-24-9-3-10-25-45)46-26-11-4-12-27-46/h1-41H. The first-order valence-corrected chi connectivity index (χ1v) is 24.1. The summed E-state index contributed by atoms with van der Waals surface area (Å²) in [5, 5.41) is 12.9. The van der Waals surface area contributed by atoms with Gasteiger partial charge in [0, 0.05) is 43.7 Å². The van der Waals surface area contributed by atoms with Gasteiger partial charge >= 0.3 is 0 Å². The van der Waals surface area contributed by atoms with E-state index in [9.17, 15) is 0 Å². The molecule has 0 aliphatic heterocycles. The Morgan fingerprint density at radius 1 is 0.234 bits per heavy atom. The molecule has 0 unspecified atom stereocenters. The molecule has 3 aromatic heterocycles. The molecule has 0 amide bonds. The zero-order valence-electron chi connectivity index (χ0n) is 35.0. The van der Waals surface area contributed by atoms with Crippen LogP contribution in [0.15, 0.2) is 249 Å². The molecule has 0 aliphatic rings. The van der Waals surface area contributed by atoms with Crippen LogP contribution in [0.25, 0.3) is 82.5 Å². The van der Waals surface area contributed by atoms with Gasteiger partial charge in [-0.2, -0.15) is 0 Å². The van der Waals surface area contributed by atoms with E-state index in [4.69, 9.17) is 0 Å². The third kappa shape index (κ3) is 5.27. The van der Waals surface area contributed by atoms with Gasteiger partial charge in [-0.05, 0) is 87.5 Å². The van der Waals surface area contributed by atoms with Crippen LogP contribution in [0, 0.1) is 0 Å². The predicted molar refractivity (Wildman–Crippen MR) is 273 cm³/mol. The fourth-order valence-corrected chi connectivity index (χ4v) is 15.7. The van der Waals surface area contributed by atoms with Crippen LogP contribution in [0.5, 0.6) is 0 Å². The van der Waals surface area contributed by atoms with Gasteiger partial charge in [-0.25, -0.2) is 0 Å². The Balaban J connectivity index is 1.12. The van der Waals surface area contributed by atoms with E-state index in [0.717, 1.165) is 17.1 Å². The minimum absolute atomic E-state index is 1.14. The normalized spacial score (nSPS) is 12.1. The Kier molecular flexibility index (Phi) is 8.23. The lowest BCUT2D eigenvalue weighted by atomic mass is 10.1. The number of hydrogen-bond donors (Lipinski definition) is 0. The van der Waals surface area contributed by atoms with Crippen molar-refractivity contribution in [1.82, 2.24) is 13.7 Å². The van der Waals surface area contributed by atoms with Crippen LogP contribution in [0.4, 0.5) is 0 Å². The van der Waals surface area contributed by atoms with E-state index in [2.05, 4.69) is 262 Å². The van der Waals surface area contributed by atoms with Crippen molar-refractivity contribution >= 4 is 94.2 Å². The van der Waals surface area contributed by atoms with Crippen molar-refractivity contribution < 1.29 is 0 Å². The van der Waals surface area contributed by atoms with Crippen LogP contribution in [0.2, 0.25) is 0 Å². The molecular weight excluding hydrogens is 791 g/mol. The molecular formula is C60H41N3Si. The van der Waals surface area contributed by atoms with Gasteiger partial charge in [0.2, 0.25) is 0 Å². The average molecular weight is 832 g/mol. The molecule has 64 heavy (non-hydrogen) atoms. The van der Waals surface area contributed by atoms with Crippen molar-refractivity contribution in [2.45, 2.75) is 0 Å². The summed E-state index contributed by atoms with van der Waals surface area (Å²) in [5.41, 5.74) is 10.6. The molecule has 300 valence electrons. The second-order valence-electron chi connectivity index (χ2n) is 16.8. The summed E-state index contributed by atoms with van der Waals surface area (Å²) in [4.78, 5) is 0. The molecule has 0 fully saturated rings. The maximum atomic E-state index is 2.53. The number of benzene rings is 10. The van der Waals surface area contributed by atoms with Gasteiger partial charge in [0.15, 0.2) is 8.07 Å². The van der Waals surface area contributed by atoms with Crippen LogP contribution in [0.1, 0.15) is 0 Å². The largest absolute Gasteiger partial charge is 0.309 e. The van der Waals surface area contributed by atoms with E-state index in [1.165, 1.54) is 86.2 Å². The molecule has 0 spiro atoms. The zero-order chi connectivity index (χ0) is 42.2. The molecule has 0 N–H and O–H groups in total. The van der Waals surface area contributed by atoms with Crippen molar-refractivity contribution in [1.29, 1.82) is 0 Å². The minimum Gasteiger partial charge on any atom is -0.309 e. The lowest BCUT2D eigenvalue weighted by molar-refractivity contribution is 1.16. The smallest absolute Gasteiger partial charge is 0.179 e. The zero-order valence-corrected chi connectivity index (χ0v) is 36.0. The van der Waals surface area contributed by atoms with Crippen molar-refractivity contribution in [3.63, 3.8) is 0 Å². The van der Waals surface area contributed by atoms with E-state index in [-0.39, 0.29) is 0 Å². The first kappa shape index (κ1) is 36.5. The van der Waals surface area contributed by atoms with Gasteiger partial charge in [-0.3, -0.25) is 0 Å². The molecule has 4 heteroatoms. The van der Waals surface area contributed by atoms with Gasteiger partial charge in [0.05, 0.1) is 38.8 Å². The molecule has 0 radical (unpaired) electrons. The molecule has 10 aromatic carbocycles. The highest BCUT2D eigenvalue weighted by Crippen LogP contribution is 2.41. The van der Waals surface area contributed by atoms with E-state index in [1.54, 1.807) is 0 Å². The second kappa shape index (κ2) is 14.5. The first-order chi connectivity index (χ1) is 31.8. The van der Waals surface area contributed by atoms with Crippen LogP contribution < -0.4 is 20.7 Å². The number of hydrogen-bond acceptors (Lipinski definition) is 0. The number of para-hydroxylation sites is 4. The Morgan fingerprint density at radius 3 is 1.23 bits per heavy atom. The molecule has 3 nitrogen and oxygen atoms in total. The SMILES string of the molecule is c1ccc(-n2c3ccc(-n4c5ccccc5c5ccccc54)cc3c3c(-n4c5ccccc5c5cc([Si](c6ccccc6)(c6ccccc6)c6ccccc6)ccc54)cccc32)cc1. The quantitative estimate of drug-likeness (QED) is 0.112. The van der Waals surface area contributed by atoms with E-state index in [1.807, 2.05) is 0 Å². The highest BCUT2D eigenvalue weighted by molar-refractivity contribution is 7.20. The van der Waals surface area contributed by atoms with Gasteiger partial charge < -0.3 is 13.7 Å². The van der Waals surface area contributed by atoms with Crippen LogP contribution in [-0.4, -0.2) is 21.8 Å². The summed E-state index contributed by atoms with van der Waals surface area (Å²) < 4.78 is 7.40. The highest BCUT2D eigenvalue weighted by Gasteiger charge is 2.41. The Hall–Kier alpha value is -8.18. The van der Waals surface area contributed by atoms with Crippen molar-refractivity contribution in [3.05, 3.63) is 249 Å². The van der Waals surface area contributed by atoms with Gasteiger partial charge in [0.25, 0.3) is 0 Å². The molecule has 0 atom stereocenters. The van der Waals surface area contributed by atoms with Crippen LogP contribution >= 0.6 is 0 Å².